The molecule has 4 aliphatic heterocycles. The molecule has 188 valence electrons. The molecule has 9 nitrogen and oxygen atoms in total. The van der Waals surface area contributed by atoms with Gasteiger partial charge in [0.2, 0.25) is 11.6 Å². The van der Waals surface area contributed by atoms with Crippen LogP contribution in [0.25, 0.3) is 0 Å². The second kappa shape index (κ2) is 10.6. The van der Waals surface area contributed by atoms with Gasteiger partial charge in [-0.15, -0.1) is 0 Å². The van der Waals surface area contributed by atoms with Crippen LogP contribution in [0, 0.1) is 5.92 Å². The summed E-state index contributed by atoms with van der Waals surface area (Å²) in [5.41, 5.74) is 13.2. The molecule has 7 atom stereocenters. The smallest absolute Gasteiger partial charge is 0.234 e. The van der Waals surface area contributed by atoms with E-state index in [1.165, 1.54) is 0 Å². The summed E-state index contributed by atoms with van der Waals surface area (Å²) in [6.07, 6.45) is 3.77. The number of rotatable bonds is 9. The summed E-state index contributed by atoms with van der Waals surface area (Å²) in [4.78, 5) is 13.6. The zero-order valence-corrected chi connectivity index (χ0v) is 20.1. The lowest BCUT2D eigenvalue weighted by atomic mass is 9.96. The van der Waals surface area contributed by atoms with E-state index in [0.29, 0.717) is 17.6 Å². The Bertz CT molecular complexity index is 730. The van der Waals surface area contributed by atoms with Crippen LogP contribution >= 0.6 is 0 Å². The van der Waals surface area contributed by atoms with Gasteiger partial charge in [-0.25, -0.2) is 4.39 Å². The summed E-state index contributed by atoms with van der Waals surface area (Å²) in [7, 11) is 0. The molecule has 4 aliphatic rings. The van der Waals surface area contributed by atoms with Crippen molar-refractivity contribution in [1.29, 1.82) is 0 Å². The Kier molecular flexibility index (Phi) is 8.05. The second-order valence-electron chi connectivity index (χ2n) is 10.0. The fourth-order valence-corrected chi connectivity index (χ4v) is 6.38. The Morgan fingerprint density at radius 1 is 1.24 bits per heavy atom. The van der Waals surface area contributed by atoms with Gasteiger partial charge in [0.1, 0.15) is 5.92 Å². The molecule has 0 saturated carbocycles. The van der Waals surface area contributed by atoms with E-state index in [-0.39, 0.29) is 48.7 Å². The van der Waals surface area contributed by atoms with Gasteiger partial charge in [-0.2, -0.15) is 0 Å². The van der Waals surface area contributed by atoms with E-state index < -0.39 is 12.1 Å². The van der Waals surface area contributed by atoms with Crippen molar-refractivity contribution in [2.24, 2.45) is 17.4 Å². The van der Waals surface area contributed by atoms with Crippen LogP contribution in [0.1, 0.15) is 46.0 Å². The van der Waals surface area contributed by atoms with Crippen molar-refractivity contribution in [3.63, 3.8) is 0 Å². The van der Waals surface area contributed by atoms with E-state index in [2.05, 4.69) is 28.2 Å². The third kappa shape index (κ3) is 4.84. The van der Waals surface area contributed by atoms with Crippen molar-refractivity contribution < 1.29 is 18.4 Å². The number of fused-ring (bicyclic) bond motifs is 1. The maximum atomic E-state index is 14.7. The number of ether oxygens (including phenoxy) is 1. The molecular weight excluding hydrogens is 425 g/mol. The molecule has 1 amide bonds. The number of nitrogens with zero attached hydrogens (tertiary/aromatic N) is 1. The summed E-state index contributed by atoms with van der Waals surface area (Å²) in [6.45, 7) is 8.38. The van der Waals surface area contributed by atoms with Crippen LogP contribution in [0.15, 0.2) is 11.5 Å². The summed E-state index contributed by atoms with van der Waals surface area (Å²) < 4.78 is 21.6. The minimum Gasteiger partial charge on any atom is -0.371 e. The molecule has 0 aliphatic carbocycles. The first-order valence-corrected chi connectivity index (χ1v) is 12.8. The molecule has 10 heteroatoms. The van der Waals surface area contributed by atoms with Crippen LogP contribution in [-0.4, -0.2) is 86.3 Å². The van der Waals surface area contributed by atoms with Crippen molar-refractivity contribution in [1.82, 2.24) is 21.3 Å². The van der Waals surface area contributed by atoms with Crippen molar-refractivity contribution >= 4 is 5.91 Å². The maximum absolute atomic E-state index is 14.7. The highest BCUT2D eigenvalue weighted by Gasteiger charge is 2.70. The lowest BCUT2D eigenvalue weighted by molar-refractivity contribution is -0.832. The number of nitrogens with two attached hydrogens (primary N) is 2. The normalized spacial score (nSPS) is 37.6. The number of nitrogens with one attached hydrogen (secondary N) is 4. The van der Waals surface area contributed by atoms with Gasteiger partial charge in [0, 0.05) is 19.5 Å². The average Bonchev–Trinajstić information content (AvgIpc) is 3.47. The van der Waals surface area contributed by atoms with Gasteiger partial charge in [-0.3, -0.25) is 14.6 Å². The number of quaternary nitrogens is 1. The van der Waals surface area contributed by atoms with E-state index in [1.807, 2.05) is 6.92 Å². The molecule has 33 heavy (non-hydrogen) atoms. The van der Waals surface area contributed by atoms with E-state index in [1.54, 1.807) is 0 Å². The first-order valence-electron chi connectivity index (χ1n) is 12.8. The Morgan fingerprint density at radius 3 is 2.70 bits per heavy atom. The van der Waals surface area contributed by atoms with E-state index in [4.69, 9.17) is 16.2 Å². The SMILES string of the molecule is CCCC1C2=C(F)CNC(C(C(=O)NC3CNCCC3OC3CCCNC3)C(N)N)[N+]21CC. The fourth-order valence-electron chi connectivity index (χ4n) is 6.38. The van der Waals surface area contributed by atoms with E-state index >= 15 is 0 Å². The Labute approximate surface area is 196 Å². The second-order valence-corrected chi connectivity index (χ2v) is 10.0. The topological polar surface area (TPSA) is 126 Å². The van der Waals surface area contributed by atoms with Crippen LogP contribution in [0.4, 0.5) is 4.39 Å². The Morgan fingerprint density at radius 2 is 2.03 bits per heavy atom. The number of carbonyl (C=O) groups excluding carboxylic acids is 1. The quantitative estimate of drug-likeness (QED) is 0.154. The van der Waals surface area contributed by atoms with Gasteiger partial charge in [0.05, 0.1) is 37.5 Å². The number of hydrogen-bond donors (Lipinski definition) is 6. The molecule has 3 fully saturated rings. The standard InChI is InChI=1S/C23H42FN7O2/c1-3-6-17-20-15(24)12-29-22(31(17,20)4-2)19(21(25)26)23(32)30-16-13-28-10-8-18(16)33-14-7-5-9-27-11-14/h14,16-19,21-22,27-29H,3-13,25-26H2,1-2H3/p+1. The maximum Gasteiger partial charge on any atom is 0.234 e. The molecule has 0 bridgehead atoms. The Balaban J connectivity index is 1.49. The van der Waals surface area contributed by atoms with Gasteiger partial charge in [0.15, 0.2) is 18.0 Å². The van der Waals surface area contributed by atoms with Crippen molar-refractivity contribution in [3.8, 4) is 0 Å². The van der Waals surface area contributed by atoms with Gasteiger partial charge < -0.3 is 32.2 Å². The lowest BCUT2D eigenvalue weighted by Gasteiger charge is -2.40. The van der Waals surface area contributed by atoms with Crippen LogP contribution < -0.4 is 32.7 Å². The number of hydrogen-bond acceptors (Lipinski definition) is 7. The van der Waals surface area contributed by atoms with Gasteiger partial charge in [-0.05, 0) is 45.7 Å². The number of carbonyl (C=O) groups is 1. The molecule has 3 saturated heterocycles. The zero-order chi connectivity index (χ0) is 23.6. The molecule has 0 spiro atoms. The Hall–Kier alpha value is -1.14. The van der Waals surface area contributed by atoms with Crippen LogP contribution in [0.5, 0.6) is 0 Å². The summed E-state index contributed by atoms with van der Waals surface area (Å²) >= 11 is 0. The largest absolute Gasteiger partial charge is 0.371 e. The van der Waals surface area contributed by atoms with E-state index in [9.17, 15) is 9.18 Å². The molecule has 8 N–H and O–H groups in total. The predicted molar refractivity (Wildman–Crippen MR) is 125 cm³/mol. The van der Waals surface area contributed by atoms with Gasteiger partial charge >= 0.3 is 0 Å². The minimum absolute atomic E-state index is 0.0506. The van der Waals surface area contributed by atoms with Crippen LogP contribution in [0.3, 0.4) is 0 Å². The lowest BCUT2D eigenvalue weighted by Crippen LogP contribution is -2.66. The van der Waals surface area contributed by atoms with Gasteiger partial charge in [0.25, 0.3) is 0 Å². The number of likely N-dealkylation sites (N-methyl/N-ethyl adjacent to an activating group) is 1. The number of piperidine rings is 2. The summed E-state index contributed by atoms with van der Waals surface area (Å²) in [6, 6.07) is -0.0548. The first kappa shape index (κ1) is 25.0. The van der Waals surface area contributed by atoms with E-state index in [0.717, 1.165) is 57.4 Å². The predicted octanol–water partition coefficient (Wildman–Crippen LogP) is -0.409. The third-order valence-corrected chi connectivity index (χ3v) is 8.00. The van der Waals surface area contributed by atoms with Crippen LogP contribution in [0.2, 0.25) is 0 Å². The summed E-state index contributed by atoms with van der Waals surface area (Å²) in [5.74, 6) is -0.947. The molecule has 4 rings (SSSR count). The highest BCUT2D eigenvalue weighted by Crippen LogP contribution is 2.54. The van der Waals surface area contributed by atoms with Crippen molar-refractivity contribution in [3.05, 3.63) is 11.5 Å². The van der Waals surface area contributed by atoms with Crippen LogP contribution in [-0.2, 0) is 9.53 Å². The molecular formula is C23H43FN7O2+. The molecule has 4 heterocycles. The molecule has 0 radical (unpaired) electrons. The molecule has 7 unspecified atom stereocenters. The number of amides is 1. The zero-order valence-electron chi connectivity index (χ0n) is 20.1. The fraction of sp³-hybridized carbons (Fsp3) is 0.870. The molecule has 0 aromatic carbocycles. The highest BCUT2D eigenvalue weighted by atomic mass is 19.1. The average molecular weight is 469 g/mol. The van der Waals surface area contributed by atoms with Gasteiger partial charge in [-0.1, -0.05) is 6.92 Å². The third-order valence-electron chi connectivity index (χ3n) is 8.00. The van der Waals surface area contributed by atoms with Crippen molar-refractivity contribution in [2.45, 2.75) is 82.6 Å². The van der Waals surface area contributed by atoms with Crippen molar-refractivity contribution in [2.75, 3.05) is 39.3 Å². The number of halogens is 1. The molecule has 0 aromatic heterocycles. The monoisotopic (exact) mass is 468 g/mol. The minimum atomic E-state index is -0.854. The first-order chi connectivity index (χ1) is 15.9. The summed E-state index contributed by atoms with van der Waals surface area (Å²) in [5, 5.41) is 13.2. The highest BCUT2D eigenvalue weighted by molar-refractivity contribution is 5.80. The molecule has 0 aromatic rings.